The van der Waals surface area contributed by atoms with Crippen LogP contribution in [-0.2, 0) is 4.74 Å². The molecule has 1 heterocycles. The Balaban J connectivity index is 2.30. The Kier molecular flexibility index (Phi) is 3.78. The van der Waals surface area contributed by atoms with Crippen molar-refractivity contribution < 1.29 is 4.74 Å². The number of rotatable bonds is 2. The fourth-order valence-electron chi connectivity index (χ4n) is 1.27. The molecule has 1 atom stereocenters. The SMILES string of the molecule is CC1COCCN1C/C=C/C#N. The highest BCUT2D eigenvalue weighted by molar-refractivity contribution is 5.02. The minimum atomic E-state index is 0.474. The van der Waals surface area contributed by atoms with Crippen LogP contribution in [-0.4, -0.2) is 37.2 Å². The van der Waals surface area contributed by atoms with Gasteiger partial charge in [0, 0.05) is 25.2 Å². The first-order valence-electron chi connectivity index (χ1n) is 4.21. The molecule has 0 aliphatic carbocycles. The van der Waals surface area contributed by atoms with E-state index in [1.54, 1.807) is 0 Å². The number of allylic oxidation sites excluding steroid dienone is 1. The van der Waals surface area contributed by atoms with Crippen molar-refractivity contribution in [2.24, 2.45) is 0 Å². The minimum absolute atomic E-state index is 0.474. The summed E-state index contributed by atoms with van der Waals surface area (Å²) in [4.78, 5) is 2.30. The van der Waals surface area contributed by atoms with E-state index in [0.29, 0.717) is 6.04 Å². The van der Waals surface area contributed by atoms with Gasteiger partial charge < -0.3 is 4.74 Å². The van der Waals surface area contributed by atoms with Crippen LogP contribution in [0.25, 0.3) is 0 Å². The molecule has 66 valence electrons. The Labute approximate surface area is 73.2 Å². The molecule has 1 fully saturated rings. The smallest absolute Gasteiger partial charge is 0.0909 e. The fraction of sp³-hybridized carbons (Fsp3) is 0.667. The summed E-state index contributed by atoms with van der Waals surface area (Å²) < 4.78 is 5.29. The van der Waals surface area contributed by atoms with Gasteiger partial charge in [-0.2, -0.15) is 5.26 Å². The van der Waals surface area contributed by atoms with E-state index in [2.05, 4.69) is 11.8 Å². The van der Waals surface area contributed by atoms with Gasteiger partial charge in [0.1, 0.15) is 0 Å². The molecule has 0 amide bonds. The lowest BCUT2D eigenvalue weighted by atomic mass is 10.2. The summed E-state index contributed by atoms with van der Waals surface area (Å²) in [6.07, 6.45) is 3.42. The van der Waals surface area contributed by atoms with E-state index in [-0.39, 0.29) is 0 Å². The molecule has 0 aromatic carbocycles. The van der Waals surface area contributed by atoms with Crippen LogP contribution in [0.2, 0.25) is 0 Å². The summed E-state index contributed by atoms with van der Waals surface area (Å²) in [5.74, 6) is 0. The predicted octanol–water partition coefficient (Wildman–Crippen LogP) is 0.787. The van der Waals surface area contributed by atoms with E-state index >= 15 is 0 Å². The van der Waals surface area contributed by atoms with E-state index in [4.69, 9.17) is 10.00 Å². The van der Waals surface area contributed by atoms with Gasteiger partial charge in [0.15, 0.2) is 0 Å². The first-order valence-corrected chi connectivity index (χ1v) is 4.21. The van der Waals surface area contributed by atoms with Crippen molar-refractivity contribution >= 4 is 0 Å². The lowest BCUT2D eigenvalue weighted by Gasteiger charge is -2.32. The van der Waals surface area contributed by atoms with Gasteiger partial charge in [-0.25, -0.2) is 0 Å². The van der Waals surface area contributed by atoms with E-state index in [9.17, 15) is 0 Å². The third kappa shape index (κ3) is 2.65. The van der Waals surface area contributed by atoms with Crippen LogP contribution in [0.1, 0.15) is 6.92 Å². The molecular formula is C9H14N2O. The van der Waals surface area contributed by atoms with Gasteiger partial charge in [0.2, 0.25) is 0 Å². The zero-order valence-electron chi connectivity index (χ0n) is 7.36. The van der Waals surface area contributed by atoms with Crippen LogP contribution in [0.4, 0.5) is 0 Å². The molecule has 0 saturated carbocycles. The van der Waals surface area contributed by atoms with Gasteiger partial charge in [0.25, 0.3) is 0 Å². The highest BCUT2D eigenvalue weighted by atomic mass is 16.5. The monoisotopic (exact) mass is 166 g/mol. The maximum atomic E-state index is 8.28. The molecule has 3 nitrogen and oxygen atoms in total. The molecule has 1 rings (SSSR count). The summed E-state index contributed by atoms with van der Waals surface area (Å²) in [5.41, 5.74) is 0. The van der Waals surface area contributed by atoms with Crippen LogP contribution < -0.4 is 0 Å². The largest absolute Gasteiger partial charge is 0.379 e. The lowest BCUT2D eigenvalue weighted by Crippen LogP contribution is -2.43. The summed E-state index contributed by atoms with van der Waals surface area (Å²) in [6, 6.07) is 2.46. The van der Waals surface area contributed by atoms with Crippen molar-refractivity contribution in [2.45, 2.75) is 13.0 Å². The van der Waals surface area contributed by atoms with Crippen molar-refractivity contribution in [1.82, 2.24) is 4.90 Å². The predicted molar refractivity (Wildman–Crippen MR) is 46.6 cm³/mol. The van der Waals surface area contributed by atoms with Gasteiger partial charge in [-0.1, -0.05) is 6.08 Å². The van der Waals surface area contributed by atoms with Gasteiger partial charge in [-0.3, -0.25) is 4.90 Å². The molecule has 0 aromatic heterocycles. The van der Waals surface area contributed by atoms with E-state index in [0.717, 1.165) is 26.3 Å². The zero-order valence-corrected chi connectivity index (χ0v) is 7.36. The second kappa shape index (κ2) is 4.91. The molecule has 0 N–H and O–H groups in total. The van der Waals surface area contributed by atoms with Gasteiger partial charge >= 0.3 is 0 Å². The molecule has 0 bridgehead atoms. The van der Waals surface area contributed by atoms with Crippen LogP contribution >= 0.6 is 0 Å². The number of morpholine rings is 1. The second-order valence-electron chi connectivity index (χ2n) is 2.95. The van der Waals surface area contributed by atoms with Crippen LogP contribution in [0.5, 0.6) is 0 Å². The van der Waals surface area contributed by atoms with E-state index in [1.165, 1.54) is 6.08 Å². The highest BCUT2D eigenvalue weighted by Crippen LogP contribution is 2.04. The highest BCUT2D eigenvalue weighted by Gasteiger charge is 2.16. The number of nitriles is 1. The third-order valence-electron chi connectivity index (χ3n) is 2.04. The number of hydrogen-bond acceptors (Lipinski definition) is 3. The summed E-state index contributed by atoms with van der Waals surface area (Å²) in [5, 5.41) is 8.28. The Hall–Kier alpha value is -0.850. The summed E-state index contributed by atoms with van der Waals surface area (Å²) in [7, 11) is 0. The Morgan fingerprint density at radius 3 is 3.25 bits per heavy atom. The molecular weight excluding hydrogens is 152 g/mol. The first kappa shape index (κ1) is 9.24. The number of hydrogen-bond donors (Lipinski definition) is 0. The maximum Gasteiger partial charge on any atom is 0.0909 e. The van der Waals surface area contributed by atoms with Crippen LogP contribution in [0.15, 0.2) is 12.2 Å². The normalized spacial score (nSPS) is 25.8. The topological polar surface area (TPSA) is 36.3 Å². The molecule has 1 unspecified atom stereocenters. The average molecular weight is 166 g/mol. The van der Waals surface area contributed by atoms with Crippen molar-refractivity contribution in [3.63, 3.8) is 0 Å². The molecule has 1 saturated heterocycles. The summed E-state index contributed by atoms with van der Waals surface area (Å²) in [6.45, 7) is 5.58. The standard InChI is InChI=1S/C9H14N2O/c1-9-8-12-7-6-11(9)5-3-2-4-10/h2-3,9H,5-8H2,1H3/b3-2+. The Bertz CT molecular complexity index is 195. The van der Waals surface area contributed by atoms with Crippen molar-refractivity contribution in [2.75, 3.05) is 26.3 Å². The minimum Gasteiger partial charge on any atom is -0.379 e. The van der Waals surface area contributed by atoms with Gasteiger partial charge in [-0.05, 0) is 6.92 Å². The Morgan fingerprint density at radius 2 is 2.58 bits per heavy atom. The quantitative estimate of drug-likeness (QED) is 0.569. The molecule has 0 spiro atoms. The lowest BCUT2D eigenvalue weighted by molar-refractivity contribution is 0.00557. The molecule has 0 aromatic rings. The maximum absolute atomic E-state index is 8.28. The van der Waals surface area contributed by atoms with Gasteiger partial charge in [0.05, 0.1) is 19.3 Å². The van der Waals surface area contributed by atoms with E-state index in [1.807, 2.05) is 12.1 Å². The van der Waals surface area contributed by atoms with Gasteiger partial charge in [-0.15, -0.1) is 0 Å². The fourth-order valence-corrected chi connectivity index (χ4v) is 1.27. The average Bonchev–Trinajstić information content (AvgIpc) is 2.09. The molecule has 12 heavy (non-hydrogen) atoms. The molecule has 3 heteroatoms. The van der Waals surface area contributed by atoms with Crippen molar-refractivity contribution in [3.05, 3.63) is 12.2 Å². The van der Waals surface area contributed by atoms with Crippen LogP contribution in [0.3, 0.4) is 0 Å². The van der Waals surface area contributed by atoms with Crippen LogP contribution in [0, 0.1) is 11.3 Å². The number of nitrogens with zero attached hydrogens (tertiary/aromatic N) is 2. The Morgan fingerprint density at radius 1 is 1.75 bits per heavy atom. The molecule has 1 aliphatic heterocycles. The molecule has 1 aliphatic rings. The second-order valence-corrected chi connectivity index (χ2v) is 2.95. The van der Waals surface area contributed by atoms with Crippen molar-refractivity contribution in [1.29, 1.82) is 5.26 Å². The zero-order chi connectivity index (χ0) is 8.81. The van der Waals surface area contributed by atoms with Crippen molar-refractivity contribution in [3.8, 4) is 6.07 Å². The van der Waals surface area contributed by atoms with E-state index < -0.39 is 0 Å². The number of ether oxygens (including phenoxy) is 1. The summed E-state index contributed by atoms with van der Waals surface area (Å²) >= 11 is 0. The first-order chi connectivity index (χ1) is 5.84. The third-order valence-corrected chi connectivity index (χ3v) is 2.04. The molecule has 0 radical (unpaired) electrons.